The van der Waals surface area contributed by atoms with Crippen LogP contribution in [0.1, 0.15) is 32.7 Å². The van der Waals surface area contributed by atoms with Crippen LogP contribution in [0.4, 0.5) is 11.4 Å². The number of aryl methyl sites for hydroxylation is 1. The van der Waals surface area contributed by atoms with E-state index in [0.29, 0.717) is 42.1 Å². The number of anilines is 2. The summed E-state index contributed by atoms with van der Waals surface area (Å²) in [6.45, 7) is 0.408. The average molecular weight is 448 g/mol. The standard InChI is InChI=1S/C21H24N2O7S/c1-28-18-11-15(21(25)30-3)16(12-19(18)29-2)22-20(24)14-7-8-17-13(10-14)6-5-9-23(17)31(4,26)27/h7-8,10-12H,5-6,9H2,1-4H3,(H,22,24). The lowest BCUT2D eigenvalue weighted by molar-refractivity contribution is 0.0601. The smallest absolute Gasteiger partial charge is 0.340 e. The molecule has 31 heavy (non-hydrogen) atoms. The first-order valence-corrected chi connectivity index (χ1v) is 11.3. The minimum absolute atomic E-state index is 0.106. The zero-order valence-electron chi connectivity index (χ0n) is 17.7. The number of rotatable bonds is 6. The third-order valence-corrected chi connectivity index (χ3v) is 6.18. The topological polar surface area (TPSA) is 111 Å². The van der Waals surface area contributed by atoms with Crippen LogP contribution in [0, 0.1) is 0 Å². The van der Waals surface area contributed by atoms with E-state index in [-0.39, 0.29) is 11.3 Å². The number of amides is 1. The number of nitrogens with one attached hydrogen (secondary N) is 1. The molecule has 0 atom stereocenters. The number of esters is 1. The summed E-state index contributed by atoms with van der Waals surface area (Å²) in [5, 5.41) is 2.71. The summed E-state index contributed by atoms with van der Waals surface area (Å²) in [7, 11) is 0.717. The molecular formula is C21H24N2O7S. The predicted octanol–water partition coefficient (Wildman–Crippen LogP) is 2.45. The van der Waals surface area contributed by atoms with Crippen LogP contribution in [-0.2, 0) is 21.2 Å². The highest BCUT2D eigenvalue weighted by molar-refractivity contribution is 7.92. The molecule has 1 heterocycles. The molecule has 0 aliphatic carbocycles. The van der Waals surface area contributed by atoms with Crippen molar-refractivity contribution in [3.63, 3.8) is 0 Å². The predicted molar refractivity (Wildman–Crippen MR) is 116 cm³/mol. The van der Waals surface area contributed by atoms with Crippen LogP contribution >= 0.6 is 0 Å². The Hall–Kier alpha value is -3.27. The molecule has 0 unspecified atom stereocenters. The molecule has 0 spiro atoms. The van der Waals surface area contributed by atoms with Gasteiger partial charge in [0.2, 0.25) is 10.0 Å². The summed E-state index contributed by atoms with van der Waals surface area (Å²) in [5.74, 6) is -0.461. The second kappa shape index (κ2) is 8.84. The van der Waals surface area contributed by atoms with Crippen molar-refractivity contribution in [1.82, 2.24) is 0 Å². The fourth-order valence-electron chi connectivity index (χ4n) is 3.50. The van der Waals surface area contributed by atoms with Crippen molar-refractivity contribution in [1.29, 1.82) is 0 Å². The number of methoxy groups -OCH3 is 3. The average Bonchev–Trinajstić information content (AvgIpc) is 2.76. The Bertz CT molecular complexity index is 1130. The zero-order valence-corrected chi connectivity index (χ0v) is 18.5. The Morgan fingerprint density at radius 1 is 1.03 bits per heavy atom. The van der Waals surface area contributed by atoms with Crippen molar-refractivity contribution in [2.45, 2.75) is 12.8 Å². The van der Waals surface area contributed by atoms with Gasteiger partial charge in [-0.25, -0.2) is 13.2 Å². The van der Waals surface area contributed by atoms with Gasteiger partial charge in [0.25, 0.3) is 5.91 Å². The van der Waals surface area contributed by atoms with E-state index in [1.165, 1.54) is 37.8 Å². The van der Waals surface area contributed by atoms with Gasteiger partial charge in [-0.1, -0.05) is 0 Å². The van der Waals surface area contributed by atoms with E-state index < -0.39 is 21.9 Å². The number of carbonyl (C=O) groups is 2. The fraction of sp³-hybridized carbons (Fsp3) is 0.333. The van der Waals surface area contributed by atoms with E-state index >= 15 is 0 Å². The van der Waals surface area contributed by atoms with E-state index in [9.17, 15) is 18.0 Å². The van der Waals surface area contributed by atoms with Crippen molar-refractivity contribution in [3.05, 3.63) is 47.0 Å². The first kappa shape index (κ1) is 22.4. The number of ether oxygens (including phenoxy) is 3. The molecule has 1 aliphatic heterocycles. The van der Waals surface area contributed by atoms with E-state index in [1.54, 1.807) is 18.2 Å². The molecule has 9 nitrogen and oxygen atoms in total. The molecule has 166 valence electrons. The minimum Gasteiger partial charge on any atom is -0.493 e. The molecule has 10 heteroatoms. The fourth-order valence-corrected chi connectivity index (χ4v) is 4.50. The van der Waals surface area contributed by atoms with Gasteiger partial charge in [0.15, 0.2) is 11.5 Å². The van der Waals surface area contributed by atoms with Crippen LogP contribution < -0.4 is 19.1 Å². The van der Waals surface area contributed by atoms with Gasteiger partial charge in [0.05, 0.1) is 44.5 Å². The number of sulfonamides is 1. The minimum atomic E-state index is -3.40. The van der Waals surface area contributed by atoms with Crippen molar-refractivity contribution in [3.8, 4) is 11.5 Å². The van der Waals surface area contributed by atoms with Crippen LogP contribution in [0.5, 0.6) is 11.5 Å². The molecule has 1 amide bonds. The molecule has 0 saturated carbocycles. The highest BCUT2D eigenvalue weighted by Crippen LogP contribution is 2.34. The van der Waals surface area contributed by atoms with E-state index in [1.807, 2.05) is 0 Å². The van der Waals surface area contributed by atoms with Crippen molar-refractivity contribution in [2.75, 3.05) is 43.8 Å². The highest BCUT2D eigenvalue weighted by Gasteiger charge is 2.25. The Labute approximate surface area is 181 Å². The second-order valence-corrected chi connectivity index (χ2v) is 8.89. The highest BCUT2D eigenvalue weighted by atomic mass is 32.2. The van der Waals surface area contributed by atoms with Crippen LogP contribution in [-0.4, -0.2) is 54.4 Å². The summed E-state index contributed by atoms with van der Waals surface area (Å²) in [6.07, 6.45) is 2.48. The molecule has 1 N–H and O–H groups in total. The molecule has 0 aromatic heterocycles. The molecule has 2 aromatic rings. The zero-order chi connectivity index (χ0) is 22.8. The monoisotopic (exact) mass is 448 g/mol. The maximum Gasteiger partial charge on any atom is 0.340 e. The van der Waals surface area contributed by atoms with Crippen LogP contribution in [0.3, 0.4) is 0 Å². The van der Waals surface area contributed by atoms with Crippen molar-refractivity contribution < 1.29 is 32.2 Å². The van der Waals surface area contributed by atoms with Crippen LogP contribution in [0.25, 0.3) is 0 Å². The van der Waals surface area contributed by atoms with Gasteiger partial charge in [-0.15, -0.1) is 0 Å². The Balaban J connectivity index is 1.96. The number of hydrogen-bond acceptors (Lipinski definition) is 7. The Morgan fingerprint density at radius 2 is 1.71 bits per heavy atom. The molecule has 3 rings (SSSR count). The number of carbonyl (C=O) groups excluding carboxylic acids is 2. The molecule has 1 aliphatic rings. The summed E-state index contributed by atoms with van der Waals surface area (Å²) in [6, 6.07) is 7.75. The first-order valence-electron chi connectivity index (χ1n) is 9.46. The van der Waals surface area contributed by atoms with Gasteiger partial charge in [-0.2, -0.15) is 0 Å². The lowest BCUT2D eigenvalue weighted by Crippen LogP contribution is -2.34. The van der Waals surface area contributed by atoms with Gasteiger partial charge in [-0.05, 0) is 36.6 Å². The third kappa shape index (κ3) is 4.58. The van der Waals surface area contributed by atoms with Gasteiger partial charge in [0.1, 0.15) is 0 Å². The van der Waals surface area contributed by atoms with E-state index in [4.69, 9.17) is 14.2 Å². The number of fused-ring (bicyclic) bond motifs is 1. The number of nitrogens with zero attached hydrogens (tertiary/aromatic N) is 1. The summed E-state index contributed by atoms with van der Waals surface area (Å²) >= 11 is 0. The number of hydrogen-bond donors (Lipinski definition) is 1. The Morgan fingerprint density at radius 3 is 2.32 bits per heavy atom. The number of benzene rings is 2. The lowest BCUT2D eigenvalue weighted by atomic mass is 10.0. The normalized spacial score (nSPS) is 13.2. The van der Waals surface area contributed by atoms with Crippen LogP contribution in [0.2, 0.25) is 0 Å². The molecule has 0 fully saturated rings. The van der Waals surface area contributed by atoms with Crippen molar-refractivity contribution >= 4 is 33.3 Å². The molecule has 0 radical (unpaired) electrons. The lowest BCUT2D eigenvalue weighted by Gasteiger charge is -2.29. The maximum atomic E-state index is 12.9. The maximum absolute atomic E-state index is 12.9. The summed E-state index contributed by atoms with van der Waals surface area (Å²) in [5.41, 5.74) is 1.98. The summed E-state index contributed by atoms with van der Waals surface area (Å²) < 4.78 is 40.7. The molecule has 0 bridgehead atoms. The Kier molecular flexibility index (Phi) is 6.40. The quantitative estimate of drug-likeness (QED) is 0.676. The second-order valence-electron chi connectivity index (χ2n) is 6.98. The first-order chi connectivity index (χ1) is 14.7. The van der Waals surface area contributed by atoms with Crippen molar-refractivity contribution in [2.24, 2.45) is 0 Å². The largest absolute Gasteiger partial charge is 0.493 e. The van der Waals surface area contributed by atoms with E-state index in [2.05, 4.69) is 5.32 Å². The van der Waals surface area contributed by atoms with E-state index in [0.717, 1.165) is 11.8 Å². The molecular weight excluding hydrogens is 424 g/mol. The summed E-state index contributed by atoms with van der Waals surface area (Å²) in [4.78, 5) is 25.1. The molecule has 0 saturated heterocycles. The van der Waals surface area contributed by atoms with Gasteiger partial charge in [0, 0.05) is 24.2 Å². The third-order valence-electron chi connectivity index (χ3n) is 5.00. The van der Waals surface area contributed by atoms with Gasteiger partial charge in [-0.3, -0.25) is 9.10 Å². The van der Waals surface area contributed by atoms with Crippen LogP contribution in [0.15, 0.2) is 30.3 Å². The van der Waals surface area contributed by atoms with Gasteiger partial charge < -0.3 is 19.5 Å². The van der Waals surface area contributed by atoms with Gasteiger partial charge >= 0.3 is 5.97 Å². The SMILES string of the molecule is COC(=O)c1cc(OC)c(OC)cc1NC(=O)c1ccc2c(c1)CCCN2S(C)(=O)=O. The molecule has 2 aromatic carbocycles.